The Balaban J connectivity index is 2.27. The van der Waals surface area contributed by atoms with Gasteiger partial charge in [0, 0.05) is 5.02 Å². The third-order valence-corrected chi connectivity index (χ3v) is 2.10. The van der Waals surface area contributed by atoms with E-state index in [0.29, 0.717) is 6.61 Å². The number of ether oxygens (including phenoxy) is 1. The van der Waals surface area contributed by atoms with Gasteiger partial charge < -0.3 is 4.74 Å². The summed E-state index contributed by atoms with van der Waals surface area (Å²) in [5.41, 5.74) is 1.12. The summed E-state index contributed by atoms with van der Waals surface area (Å²) in [7, 11) is 0. The zero-order valence-corrected chi connectivity index (χ0v) is 7.29. The van der Waals surface area contributed by atoms with Crippen LogP contribution in [0.15, 0.2) is 36.4 Å². The Morgan fingerprint density at radius 1 is 1.42 bits per heavy atom. The summed E-state index contributed by atoms with van der Waals surface area (Å²) in [5.74, 6) is 0. The summed E-state index contributed by atoms with van der Waals surface area (Å²) in [6, 6.07) is 7.75. The van der Waals surface area contributed by atoms with E-state index in [0.717, 1.165) is 10.6 Å². The van der Waals surface area contributed by atoms with Crippen molar-refractivity contribution in [3.8, 4) is 0 Å². The number of benzene rings is 1. The smallest absolute Gasteiger partial charge is 0.101 e. The lowest BCUT2D eigenvalue weighted by Crippen LogP contribution is -1.94. The quantitative estimate of drug-likeness (QED) is 0.604. The molecule has 0 saturated carbocycles. The first-order valence-electron chi connectivity index (χ1n) is 3.90. The molecule has 12 heavy (non-hydrogen) atoms. The van der Waals surface area contributed by atoms with Gasteiger partial charge in [-0.2, -0.15) is 0 Å². The van der Waals surface area contributed by atoms with Gasteiger partial charge in [0.15, 0.2) is 0 Å². The van der Waals surface area contributed by atoms with Crippen LogP contribution in [0.25, 0.3) is 0 Å². The van der Waals surface area contributed by atoms with Crippen LogP contribution in [0, 0.1) is 0 Å². The van der Waals surface area contributed by atoms with E-state index in [2.05, 4.69) is 0 Å². The maximum absolute atomic E-state index is 5.84. The van der Waals surface area contributed by atoms with Gasteiger partial charge >= 0.3 is 0 Å². The van der Waals surface area contributed by atoms with Crippen molar-refractivity contribution >= 4 is 11.6 Å². The van der Waals surface area contributed by atoms with Crippen LogP contribution in [-0.4, -0.2) is 6.61 Å². The molecule has 62 valence electrons. The number of halogens is 1. The first-order chi connectivity index (χ1) is 5.86. The molecule has 1 aliphatic rings. The van der Waals surface area contributed by atoms with Gasteiger partial charge in [-0.05, 0) is 17.7 Å². The minimum absolute atomic E-state index is 0.101. The molecular weight excluding hydrogens is 172 g/mol. The summed E-state index contributed by atoms with van der Waals surface area (Å²) in [5, 5.41) is 0.761. The Labute approximate surface area is 76.6 Å². The maximum atomic E-state index is 5.84. The van der Waals surface area contributed by atoms with Gasteiger partial charge in [-0.1, -0.05) is 35.9 Å². The number of hydrogen-bond donors (Lipinski definition) is 0. The first-order valence-corrected chi connectivity index (χ1v) is 4.28. The third kappa shape index (κ3) is 1.52. The topological polar surface area (TPSA) is 9.23 Å². The monoisotopic (exact) mass is 180 g/mol. The second-order valence-electron chi connectivity index (χ2n) is 2.74. The van der Waals surface area contributed by atoms with Crippen LogP contribution >= 0.6 is 11.6 Å². The zero-order valence-electron chi connectivity index (χ0n) is 6.53. The Bertz CT molecular complexity index is 306. The normalized spacial score (nSPS) is 21.6. The second kappa shape index (κ2) is 3.30. The van der Waals surface area contributed by atoms with Crippen molar-refractivity contribution in [2.24, 2.45) is 0 Å². The molecule has 0 bridgehead atoms. The predicted octanol–water partition coefficient (Wildman–Crippen LogP) is 2.97. The molecule has 1 aromatic rings. The maximum Gasteiger partial charge on any atom is 0.101 e. The fourth-order valence-corrected chi connectivity index (χ4v) is 1.48. The minimum Gasteiger partial charge on any atom is -0.365 e. The lowest BCUT2D eigenvalue weighted by Gasteiger charge is -2.08. The van der Waals surface area contributed by atoms with E-state index in [9.17, 15) is 0 Å². The van der Waals surface area contributed by atoms with E-state index in [-0.39, 0.29) is 6.10 Å². The third-order valence-electron chi connectivity index (χ3n) is 1.86. The molecule has 0 aliphatic carbocycles. The highest BCUT2D eigenvalue weighted by molar-refractivity contribution is 6.30. The molecule has 1 heterocycles. The molecule has 0 unspecified atom stereocenters. The van der Waals surface area contributed by atoms with Crippen LogP contribution in [0.1, 0.15) is 11.7 Å². The lowest BCUT2D eigenvalue weighted by molar-refractivity contribution is 0.129. The van der Waals surface area contributed by atoms with E-state index >= 15 is 0 Å². The first kappa shape index (κ1) is 7.84. The molecule has 0 aromatic heterocycles. The minimum atomic E-state index is 0.101. The van der Waals surface area contributed by atoms with Gasteiger partial charge in [-0.3, -0.25) is 0 Å². The Morgan fingerprint density at radius 3 is 3.00 bits per heavy atom. The molecule has 0 spiro atoms. The SMILES string of the molecule is Clc1cccc([C@@H]2C=CCO2)c1. The van der Waals surface area contributed by atoms with E-state index in [1.807, 2.05) is 36.4 Å². The Kier molecular flexibility index (Phi) is 2.15. The molecule has 2 heteroatoms. The van der Waals surface area contributed by atoms with Crippen molar-refractivity contribution in [3.05, 3.63) is 47.0 Å². The van der Waals surface area contributed by atoms with E-state index in [1.54, 1.807) is 0 Å². The van der Waals surface area contributed by atoms with E-state index < -0.39 is 0 Å². The fraction of sp³-hybridized carbons (Fsp3) is 0.200. The van der Waals surface area contributed by atoms with Crippen LogP contribution in [0.4, 0.5) is 0 Å². The lowest BCUT2D eigenvalue weighted by atomic mass is 10.1. The summed E-state index contributed by atoms with van der Waals surface area (Å²) in [6.45, 7) is 0.706. The van der Waals surface area contributed by atoms with Gasteiger partial charge in [0.05, 0.1) is 6.61 Å². The largest absolute Gasteiger partial charge is 0.365 e. The standard InChI is InChI=1S/C10H9ClO/c11-9-4-1-3-8(7-9)10-5-2-6-12-10/h1-5,7,10H,6H2/t10-/m0/s1. The van der Waals surface area contributed by atoms with Crippen molar-refractivity contribution in [2.75, 3.05) is 6.61 Å². The molecule has 0 fully saturated rings. The number of hydrogen-bond acceptors (Lipinski definition) is 1. The van der Waals surface area contributed by atoms with Crippen molar-refractivity contribution in [3.63, 3.8) is 0 Å². The molecule has 1 aromatic carbocycles. The molecular formula is C10H9ClO. The molecule has 1 aliphatic heterocycles. The summed E-state index contributed by atoms with van der Waals surface area (Å²) in [6.07, 6.45) is 4.17. The fourth-order valence-electron chi connectivity index (χ4n) is 1.28. The average molecular weight is 181 g/mol. The molecule has 1 nitrogen and oxygen atoms in total. The van der Waals surface area contributed by atoms with Crippen molar-refractivity contribution in [1.82, 2.24) is 0 Å². The number of rotatable bonds is 1. The van der Waals surface area contributed by atoms with Gasteiger partial charge in [-0.15, -0.1) is 0 Å². The van der Waals surface area contributed by atoms with Crippen molar-refractivity contribution in [1.29, 1.82) is 0 Å². The van der Waals surface area contributed by atoms with Gasteiger partial charge in [0.1, 0.15) is 6.10 Å². The average Bonchev–Trinajstić information content (AvgIpc) is 2.56. The molecule has 0 radical (unpaired) electrons. The Hall–Kier alpha value is -0.790. The molecule has 2 rings (SSSR count). The molecule has 1 atom stereocenters. The molecule has 0 amide bonds. The predicted molar refractivity (Wildman–Crippen MR) is 49.3 cm³/mol. The summed E-state index contributed by atoms with van der Waals surface area (Å²) >= 11 is 5.84. The van der Waals surface area contributed by atoms with Crippen molar-refractivity contribution in [2.45, 2.75) is 6.10 Å². The van der Waals surface area contributed by atoms with Crippen LogP contribution in [-0.2, 0) is 4.74 Å². The van der Waals surface area contributed by atoms with Gasteiger partial charge in [0.25, 0.3) is 0 Å². The van der Waals surface area contributed by atoms with Crippen molar-refractivity contribution < 1.29 is 4.74 Å². The highest BCUT2D eigenvalue weighted by Gasteiger charge is 2.11. The summed E-state index contributed by atoms with van der Waals surface area (Å²) in [4.78, 5) is 0. The molecule has 0 N–H and O–H groups in total. The Morgan fingerprint density at radius 2 is 2.33 bits per heavy atom. The van der Waals surface area contributed by atoms with Gasteiger partial charge in [-0.25, -0.2) is 0 Å². The van der Waals surface area contributed by atoms with Gasteiger partial charge in [0.2, 0.25) is 0 Å². The summed E-state index contributed by atoms with van der Waals surface area (Å²) < 4.78 is 5.42. The second-order valence-corrected chi connectivity index (χ2v) is 3.17. The van der Waals surface area contributed by atoms with Crippen LogP contribution in [0.2, 0.25) is 5.02 Å². The van der Waals surface area contributed by atoms with E-state index in [4.69, 9.17) is 16.3 Å². The highest BCUT2D eigenvalue weighted by atomic mass is 35.5. The van der Waals surface area contributed by atoms with E-state index in [1.165, 1.54) is 0 Å². The molecule has 0 saturated heterocycles. The highest BCUT2D eigenvalue weighted by Crippen LogP contribution is 2.24. The zero-order chi connectivity index (χ0) is 8.39. The van der Waals surface area contributed by atoms with Crippen LogP contribution in [0.5, 0.6) is 0 Å². The van der Waals surface area contributed by atoms with Crippen LogP contribution < -0.4 is 0 Å². The van der Waals surface area contributed by atoms with Crippen LogP contribution in [0.3, 0.4) is 0 Å².